The van der Waals surface area contributed by atoms with E-state index in [4.69, 9.17) is 4.98 Å². The van der Waals surface area contributed by atoms with E-state index >= 15 is 0 Å². The summed E-state index contributed by atoms with van der Waals surface area (Å²) >= 11 is 0. The Morgan fingerprint density at radius 1 is 1.44 bits per heavy atom. The summed E-state index contributed by atoms with van der Waals surface area (Å²) < 4.78 is 0. The molecule has 0 amide bonds. The summed E-state index contributed by atoms with van der Waals surface area (Å²) in [6.07, 6.45) is 4.15. The number of aromatic nitrogens is 2. The van der Waals surface area contributed by atoms with E-state index in [1.165, 1.54) is 0 Å². The molecule has 1 saturated carbocycles. The lowest BCUT2D eigenvalue weighted by Gasteiger charge is -2.37. The van der Waals surface area contributed by atoms with Crippen molar-refractivity contribution < 1.29 is 0 Å². The Balaban J connectivity index is 1.84. The Kier molecular flexibility index (Phi) is 1.96. The van der Waals surface area contributed by atoms with Crippen molar-refractivity contribution >= 4 is 5.82 Å². The maximum Gasteiger partial charge on any atom is 0.256 e. The Morgan fingerprint density at radius 3 is 3.00 bits per heavy atom. The van der Waals surface area contributed by atoms with Crippen LogP contribution in [0.2, 0.25) is 0 Å². The lowest BCUT2D eigenvalue weighted by Crippen LogP contribution is -2.42. The molecule has 0 radical (unpaired) electrons. The van der Waals surface area contributed by atoms with Crippen LogP contribution in [0.4, 0.5) is 5.82 Å². The molecule has 0 unspecified atom stereocenters. The number of hydrogen-bond donors (Lipinski definition) is 2. The molecule has 3 fully saturated rings. The normalized spacial score (nSPS) is 33.2. The van der Waals surface area contributed by atoms with Gasteiger partial charge in [0.25, 0.3) is 5.56 Å². The van der Waals surface area contributed by atoms with E-state index in [0.29, 0.717) is 6.04 Å². The van der Waals surface area contributed by atoms with E-state index < -0.39 is 0 Å². The van der Waals surface area contributed by atoms with E-state index in [9.17, 15) is 4.79 Å². The largest absolute Gasteiger partial charge is 0.359 e. The predicted octanol–water partition coefficient (Wildman–Crippen LogP) is 0.156. The predicted molar refractivity (Wildman–Crippen MR) is 69.2 cm³/mol. The van der Waals surface area contributed by atoms with Crippen LogP contribution in [0.15, 0.2) is 4.79 Å². The van der Waals surface area contributed by atoms with E-state index in [-0.39, 0.29) is 11.0 Å². The molecule has 1 aromatic heterocycles. The Hall–Kier alpha value is -1.36. The number of rotatable bonds is 1. The number of fused-ring (bicyclic) bond motifs is 2. The number of aromatic amines is 1. The van der Waals surface area contributed by atoms with Crippen molar-refractivity contribution in [3.63, 3.8) is 0 Å². The highest BCUT2D eigenvalue weighted by molar-refractivity contribution is 5.48. The molecular formula is C13H18N4O. The fourth-order valence-corrected chi connectivity index (χ4v) is 3.67. The van der Waals surface area contributed by atoms with Gasteiger partial charge in [-0.15, -0.1) is 0 Å². The average molecular weight is 246 g/mol. The molecule has 1 aromatic rings. The summed E-state index contributed by atoms with van der Waals surface area (Å²) in [6.45, 7) is 1.96. The third kappa shape index (κ3) is 1.25. The maximum absolute atomic E-state index is 12.2. The second-order valence-electron chi connectivity index (χ2n) is 6.01. The molecule has 0 atom stereocenters. The fraction of sp³-hybridized carbons (Fsp3) is 0.692. The molecule has 5 heteroatoms. The standard InChI is InChI=1S/C13H18N4O/c1-17-4-2-3-9-10(17)15-12(16-11(9)18)13-5-8(6-13)14-7-13/h8,14H,2-7H2,1H3,(H,15,16,18). The topological polar surface area (TPSA) is 61.0 Å². The van der Waals surface area contributed by atoms with Crippen LogP contribution in [-0.2, 0) is 11.8 Å². The zero-order valence-corrected chi connectivity index (χ0v) is 10.6. The first-order valence-corrected chi connectivity index (χ1v) is 6.76. The molecule has 2 bridgehead atoms. The van der Waals surface area contributed by atoms with Gasteiger partial charge >= 0.3 is 0 Å². The van der Waals surface area contributed by atoms with Gasteiger partial charge in [-0.1, -0.05) is 0 Å². The van der Waals surface area contributed by atoms with Crippen LogP contribution < -0.4 is 15.8 Å². The van der Waals surface area contributed by atoms with Crippen molar-refractivity contribution in [1.29, 1.82) is 0 Å². The minimum absolute atomic E-state index is 0.0753. The summed E-state index contributed by atoms with van der Waals surface area (Å²) in [4.78, 5) is 22.1. The quantitative estimate of drug-likeness (QED) is 0.741. The minimum Gasteiger partial charge on any atom is -0.359 e. The number of anilines is 1. The molecule has 1 aliphatic carbocycles. The van der Waals surface area contributed by atoms with Crippen molar-refractivity contribution in [2.45, 2.75) is 37.1 Å². The number of nitrogens with one attached hydrogen (secondary N) is 2. The zero-order valence-electron chi connectivity index (χ0n) is 10.6. The first kappa shape index (κ1) is 10.6. The van der Waals surface area contributed by atoms with Gasteiger partial charge in [0, 0.05) is 31.6 Å². The first-order valence-electron chi connectivity index (χ1n) is 6.76. The molecule has 4 aliphatic rings. The first-order chi connectivity index (χ1) is 8.68. The summed E-state index contributed by atoms with van der Waals surface area (Å²) in [5.74, 6) is 1.81. The van der Waals surface area contributed by atoms with Crippen molar-refractivity contribution in [1.82, 2.24) is 15.3 Å². The van der Waals surface area contributed by atoms with Gasteiger partial charge in [0.2, 0.25) is 0 Å². The van der Waals surface area contributed by atoms with Gasteiger partial charge in [-0.2, -0.15) is 0 Å². The van der Waals surface area contributed by atoms with Gasteiger partial charge in [0.15, 0.2) is 0 Å². The molecular weight excluding hydrogens is 228 g/mol. The molecule has 5 rings (SSSR count). The Bertz CT molecular complexity index is 553. The molecule has 0 aromatic carbocycles. The summed E-state index contributed by atoms with van der Waals surface area (Å²) in [6, 6.07) is 0.643. The molecule has 2 N–H and O–H groups in total. The van der Waals surface area contributed by atoms with Gasteiger partial charge in [-0.25, -0.2) is 4.98 Å². The van der Waals surface area contributed by atoms with Gasteiger partial charge in [0.05, 0.1) is 5.56 Å². The van der Waals surface area contributed by atoms with Crippen molar-refractivity contribution in [3.8, 4) is 0 Å². The molecule has 96 valence electrons. The molecule has 2 saturated heterocycles. The number of H-pyrrole nitrogens is 1. The highest BCUT2D eigenvalue weighted by atomic mass is 16.1. The molecule has 0 spiro atoms. The Labute approximate surface area is 106 Å². The number of nitrogens with zero attached hydrogens (tertiary/aromatic N) is 2. The van der Waals surface area contributed by atoms with E-state index in [1.54, 1.807) is 0 Å². The lowest BCUT2D eigenvalue weighted by molar-refractivity contribution is 0.288. The van der Waals surface area contributed by atoms with Crippen molar-refractivity contribution in [3.05, 3.63) is 21.7 Å². The smallest absolute Gasteiger partial charge is 0.256 e. The van der Waals surface area contributed by atoms with Crippen molar-refractivity contribution in [2.75, 3.05) is 25.0 Å². The van der Waals surface area contributed by atoms with Crippen LogP contribution in [0.25, 0.3) is 0 Å². The Morgan fingerprint density at radius 2 is 2.28 bits per heavy atom. The molecule has 3 aliphatic heterocycles. The fourth-order valence-electron chi connectivity index (χ4n) is 3.67. The van der Waals surface area contributed by atoms with Crippen LogP contribution in [0.3, 0.4) is 0 Å². The second kappa shape index (κ2) is 3.35. The van der Waals surface area contributed by atoms with Crippen LogP contribution in [0.1, 0.15) is 30.7 Å². The summed E-state index contributed by atoms with van der Waals surface area (Å²) in [7, 11) is 2.03. The SMILES string of the molecule is CN1CCCc2c1nc(C13CNC(C1)C3)[nH]c2=O. The summed E-state index contributed by atoms with van der Waals surface area (Å²) in [5, 5.41) is 3.47. The highest BCUT2D eigenvalue weighted by Gasteiger charge is 2.53. The zero-order chi connectivity index (χ0) is 12.3. The van der Waals surface area contributed by atoms with E-state index in [2.05, 4.69) is 15.2 Å². The van der Waals surface area contributed by atoms with E-state index in [0.717, 1.165) is 56.0 Å². The molecule has 18 heavy (non-hydrogen) atoms. The van der Waals surface area contributed by atoms with Gasteiger partial charge in [0.1, 0.15) is 11.6 Å². The highest BCUT2D eigenvalue weighted by Crippen LogP contribution is 2.47. The number of hydrogen-bond acceptors (Lipinski definition) is 4. The third-order valence-electron chi connectivity index (χ3n) is 4.78. The second-order valence-corrected chi connectivity index (χ2v) is 6.01. The van der Waals surface area contributed by atoms with Crippen LogP contribution in [-0.4, -0.2) is 36.1 Å². The third-order valence-corrected chi connectivity index (χ3v) is 4.78. The lowest BCUT2D eigenvalue weighted by atomic mass is 9.69. The van der Waals surface area contributed by atoms with Crippen LogP contribution >= 0.6 is 0 Å². The van der Waals surface area contributed by atoms with Gasteiger partial charge < -0.3 is 15.2 Å². The average Bonchev–Trinajstić information content (AvgIpc) is 2.90. The van der Waals surface area contributed by atoms with Gasteiger partial charge in [-0.05, 0) is 25.7 Å². The molecule has 5 nitrogen and oxygen atoms in total. The van der Waals surface area contributed by atoms with Crippen LogP contribution in [0.5, 0.6) is 0 Å². The van der Waals surface area contributed by atoms with E-state index in [1.807, 2.05) is 7.05 Å². The monoisotopic (exact) mass is 246 g/mol. The minimum atomic E-state index is 0.0753. The van der Waals surface area contributed by atoms with Crippen LogP contribution in [0, 0.1) is 0 Å². The molecule has 4 heterocycles. The summed E-state index contributed by atoms with van der Waals surface area (Å²) in [5.41, 5.74) is 1.05. The van der Waals surface area contributed by atoms with Gasteiger partial charge in [-0.3, -0.25) is 4.79 Å². The van der Waals surface area contributed by atoms with Crippen molar-refractivity contribution in [2.24, 2.45) is 0 Å². The maximum atomic E-state index is 12.2.